The van der Waals surface area contributed by atoms with Gasteiger partial charge in [0, 0.05) is 12.3 Å². The van der Waals surface area contributed by atoms with Gasteiger partial charge < -0.3 is 10.4 Å². The Morgan fingerprint density at radius 1 is 0.679 bits per heavy atom. The fourth-order valence-corrected chi connectivity index (χ4v) is 3.75. The Kier molecular flexibility index (Phi) is 18.1. The number of amides is 1. The van der Waals surface area contributed by atoms with Crippen molar-refractivity contribution >= 4 is 5.91 Å². The predicted molar refractivity (Wildman–Crippen MR) is 122 cm³/mol. The van der Waals surface area contributed by atoms with E-state index < -0.39 is 5.72 Å². The van der Waals surface area contributed by atoms with Crippen molar-refractivity contribution in [2.45, 2.75) is 149 Å². The molecule has 3 nitrogen and oxygen atoms in total. The average molecular weight is 397 g/mol. The van der Waals surface area contributed by atoms with Crippen LogP contribution < -0.4 is 5.32 Å². The predicted octanol–water partition coefficient (Wildman–Crippen LogP) is 7.47. The molecule has 1 amide bonds. The highest BCUT2D eigenvalue weighted by atomic mass is 16.3. The van der Waals surface area contributed by atoms with Crippen molar-refractivity contribution in [1.82, 2.24) is 5.32 Å². The van der Waals surface area contributed by atoms with Crippen molar-refractivity contribution in [3.63, 3.8) is 0 Å². The van der Waals surface area contributed by atoms with Crippen LogP contribution in [0.5, 0.6) is 0 Å². The fourth-order valence-electron chi connectivity index (χ4n) is 3.75. The Labute approximate surface area is 176 Å². The van der Waals surface area contributed by atoms with Gasteiger partial charge in [0.2, 0.25) is 5.91 Å². The van der Waals surface area contributed by atoms with Gasteiger partial charge in [-0.2, -0.15) is 0 Å². The summed E-state index contributed by atoms with van der Waals surface area (Å²) in [6.45, 7) is 8.06. The summed E-state index contributed by atoms with van der Waals surface area (Å²) in [6.07, 6.45) is 21.9. The first kappa shape index (κ1) is 27.4. The molecular formula is C25H50NO2. The monoisotopic (exact) mass is 396 g/mol. The lowest BCUT2D eigenvalue weighted by Gasteiger charge is -2.32. The second kappa shape index (κ2) is 18.5. The first-order valence-corrected chi connectivity index (χ1v) is 12.3. The van der Waals surface area contributed by atoms with Crippen molar-refractivity contribution in [2.24, 2.45) is 0 Å². The van der Waals surface area contributed by atoms with Gasteiger partial charge in [0.1, 0.15) is 5.72 Å². The lowest BCUT2D eigenvalue weighted by Crippen LogP contribution is -2.51. The van der Waals surface area contributed by atoms with Crippen LogP contribution in [0.25, 0.3) is 0 Å². The number of carbonyl (C=O) groups is 1. The molecule has 0 saturated heterocycles. The molecule has 1 atom stereocenters. The molecule has 0 aliphatic heterocycles. The molecule has 0 aromatic heterocycles. The third-order valence-electron chi connectivity index (χ3n) is 5.79. The summed E-state index contributed by atoms with van der Waals surface area (Å²) in [4.78, 5) is 12.1. The minimum atomic E-state index is -1.12. The molecule has 0 rings (SSSR count). The van der Waals surface area contributed by atoms with Crippen molar-refractivity contribution in [2.75, 3.05) is 0 Å². The SMILES string of the molecule is CCCCCCCCCCCCCCCCCC(=O)NC(O)(CCC)[C](C)C. The Morgan fingerprint density at radius 2 is 1.07 bits per heavy atom. The molecule has 0 heterocycles. The zero-order chi connectivity index (χ0) is 21.1. The van der Waals surface area contributed by atoms with Crippen LogP contribution in [-0.4, -0.2) is 16.7 Å². The van der Waals surface area contributed by atoms with E-state index in [0.717, 1.165) is 25.2 Å². The molecule has 0 spiro atoms. The lowest BCUT2D eigenvalue weighted by molar-refractivity contribution is -0.128. The minimum Gasteiger partial charge on any atom is -0.370 e. The van der Waals surface area contributed by atoms with E-state index in [0.29, 0.717) is 12.8 Å². The van der Waals surface area contributed by atoms with E-state index in [9.17, 15) is 9.90 Å². The van der Waals surface area contributed by atoms with E-state index in [-0.39, 0.29) is 5.91 Å². The van der Waals surface area contributed by atoms with Gasteiger partial charge in [-0.05, 0) is 12.8 Å². The van der Waals surface area contributed by atoms with Gasteiger partial charge in [0.15, 0.2) is 0 Å². The maximum absolute atomic E-state index is 12.1. The van der Waals surface area contributed by atoms with Crippen LogP contribution in [0.2, 0.25) is 0 Å². The Bertz CT molecular complexity index is 356. The molecule has 0 saturated carbocycles. The normalized spacial score (nSPS) is 13.6. The molecule has 0 fully saturated rings. The highest BCUT2D eigenvalue weighted by Crippen LogP contribution is 2.22. The van der Waals surface area contributed by atoms with E-state index >= 15 is 0 Å². The van der Waals surface area contributed by atoms with Gasteiger partial charge in [-0.1, -0.05) is 124 Å². The van der Waals surface area contributed by atoms with Gasteiger partial charge in [-0.15, -0.1) is 0 Å². The molecule has 167 valence electrons. The molecule has 0 aliphatic rings. The maximum Gasteiger partial charge on any atom is 0.222 e. The van der Waals surface area contributed by atoms with Gasteiger partial charge in [-0.25, -0.2) is 0 Å². The molecule has 1 radical (unpaired) electrons. The molecule has 0 aliphatic carbocycles. The Morgan fingerprint density at radius 3 is 1.43 bits per heavy atom. The van der Waals surface area contributed by atoms with Crippen molar-refractivity contribution in [3.8, 4) is 0 Å². The summed E-state index contributed by atoms with van der Waals surface area (Å²) in [6, 6.07) is 0. The summed E-state index contributed by atoms with van der Waals surface area (Å²) < 4.78 is 0. The second-order valence-electron chi connectivity index (χ2n) is 8.86. The summed E-state index contributed by atoms with van der Waals surface area (Å²) in [7, 11) is 0. The average Bonchev–Trinajstić information content (AvgIpc) is 2.65. The van der Waals surface area contributed by atoms with E-state index in [4.69, 9.17) is 0 Å². The first-order valence-electron chi connectivity index (χ1n) is 12.3. The molecule has 3 heteroatoms. The van der Waals surface area contributed by atoms with E-state index in [2.05, 4.69) is 12.2 Å². The van der Waals surface area contributed by atoms with Crippen LogP contribution in [0.3, 0.4) is 0 Å². The molecule has 1 unspecified atom stereocenters. The number of nitrogens with one attached hydrogen (secondary N) is 1. The lowest BCUT2D eigenvalue weighted by atomic mass is 9.94. The molecule has 0 aromatic rings. The van der Waals surface area contributed by atoms with Crippen LogP contribution in [0, 0.1) is 5.92 Å². The van der Waals surface area contributed by atoms with Gasteiger partial charge in [0.25, 0.3) is 0 Å². The number of aliphatic hydroxyl groups is 1. The standard InChI is InChI=1S/C25H50NO2/c1-5-7-8-9-10-11-12-13-14-15-16-17-18-19-20-21-24(27)26-25(28,22-6-2)23(3)4/h28H,5-22H2,1-4H3,(H,26,27). The highest BCUT2D eigenvalue weighted by Gasteiger charge is 2.31. The molecule has 2 N–H and O–H groups in total. The Balaban J connectivity index is 3.44. The third kappa shape index (κ3) is 15.4. The zero-order valence-corrected chi connectivity index (χ0v) is 19.6. The molecular weight excluding hydrogens is 346 g/mol. The summed E-state index contributed by atoms with van der Waals surface area (Å²) in [5, 5.41) is 13.3. The minimum absolute atomic E-state index is 0.0214. The fraction of sp³-hybridized carbons (Fsp3) is 0.920. The van der Waals surface area contributed by atoms with E-state index in [1.807, 2.05) is 20.8 Å². The van der Waals surface area contributed by atoms with Crippen LogP contribution in [0.1, 0.15) is 143 Å². The molecule has 0 bridgehead atoms. The summed E-state index contributed by atoms with van der Waals surface area (Å²) in [5.74, 6) is 0.839. The first-order chi connectivity index (χ1) is 13.5. The van der Waals surface area contributed by atoms with Crippen LogP contribution >= 0.6 is 0 Å². The number of hydrogen-bond donors (Lipinski definition) is 2. The number of rotatable bonds is 20. The molecule has 28 heavy (non-hydrogen) atoms. The largest absolute Gasteiger partial charge is 0.370 e. The van der Waals surface area contributed by atoms with Crippen LogP contribution in [0.4, 0.5) is 0 Å². The smallest absolute Gasteiger partial charge is 0.222 e. The zero-order valence-electron chi connectivity index (χ0n) is 19.6. The molecule has 0 aromatic carbocycles. The third-order valence-corrected chi connectivity index (χ3v) is 5.79. The highest BCUT2D eigenvalue weighted by molar-refractivity contribution is 5.76. The van der Waals surface area contributed by atoms with Gasteiger partial charge in [0.05, 0.1) is 0 Å². The topological polar surface area (TPSA) is 49.3 Å². The maximum atomic E-state index is 12.1. The summed E-state index contributed by atoms with van der Waals surface area (Å²) in [5.41, 5.74) is -1.12. The number of carbonyl (C=O) groups excluding carboxylic acids is 1. The van der Waals surface area contributed by atoms with Crippen molar-refractivity contribution < 1.29 is 9.90 Å². The van der Waals surface area contributed by atoms with Crippen molar-refractivity contribution in [3.05, 3.63) is 5.92 Å². The summed E-state index contributed by atoms with van der Waals surface area (Å²) >= 11 is 0. The van der Waals surface area contributed by atoms with Crippen LogP contribution in [-0.2, 0) is 4.79 Å². The second-order valence-corrected chi connectivity index (χ2v) is 8.86. The van der Waals surface area contributed by atoms with Crippen LogP contribution in [0.15, 0.2) is 0 Å². The van der Waals surface area contributed by atoms with Gasteiger partial charge >= 0.3 is 0 Å². The van der Waals surface area contributed by atoms with Gasteiger partial charge in [-0.3, -0.25) is 4.79 Å². The number of unbranched alkanes of at least 4 members (excludes halogenated alkanes) is 14. The quantitative estimate of drug-likeness (QED) is 0.166. The number of hydrogen-bond acceptors (Lipinski definition) is 2. The Hall–Kier alpha value is -0.570. The van der Waals surface area contributed by atoms with E-state index in [1.54, 1.807) is 0 Å². The van der Waals surface area contributed by atoms with Crippen molar-refractivity contribution in [1.29, 1.82) is 0 Å². The van der Waals surface area contributed by atoms with E-state index in [1.165, 1.54) is 83.5 Å².